The second kappa shape index (κ2) is 5.42. The van der Waals surface area contributed by atoms with Crippen molar-refractivity contribution >= 4 is 17.0 Å². The molecule has 0 aliphatic carbocycles. The topological polar surface area (TPSA) is 55.0 Å². The van der Waals surface area contributed by atoms with E-state index in [0.717, 1.165) is 12.1 Å². The monoisotopic (exact) mass is 320 g/mol. The average molecular weight is 320 g/mol. The molecule has 0 saturated carbocycles. The fourth-order valence-electron chi connectivity index (χ4n) is 2.21. The number of imidazole rings is 1. The molecule has 1 aromatic heterocycles. The zero-order chi connectivity index (χ0) is 16.6. The second-order valence-electron chi connectivity index (χ2n) is 4.88. The Labute approximate surface area is 128 Å². The Bertz CT molecular complexity index is 867. The number of fused-ring (bicyclic) bond motifs is 1. The molecule has 23 heavy (non-hydrogen) atoms. The summed E-state index contributed by atoms with van der Waals surface area (Å²) in [6, 6.07) is 9.51. The number of nitrogens with one attached hydrogen (secondary N) is 1. The number of H-pyrrole nitrogens is 1. The first kappa shape index (κ1) is 15.1. The summed E-state index contributed by atoms with van der Waals surface area (Å²) < 4.78 is 42.4. The molecule has 3 rings (SSSR count). The van der Waals surface area contributed by atoms with Gasteiger partial charge in [0.1, 0.15) is 5.82 Å². The number of carbonyl (C=O) groups excluding carboxylic acids is 1. The number of carbonyl (C=O) groups is 1. The predicted octanol–water partition coefficient (Wildman–Crippen LogP) is 4.04. The molecule has 0 fully saturated rings. The molecule has 7 heteroatoms. The van der Waals surface area contributed by atoms with Crippen LogP contribution in [-0.2, 0) is 10.9 Å². The molecule has 0 aliphatic heterocycles. The Hall–Kier alpha value is -2.83. The number of hydrogen-bond donors (Lipinski definition) is 1. The molecule has 3 aromatic rings. The third-order valence-corrected chi connectivity index (χ3v) is 3.39. The number of halogens is 3. The van der Waals surface area contributed by atoms with Gasteiger partial charge < -0.3 is 9.72 Å². The molecule has 0 amide bonds. The van der Waals surface area contributed by atoms with Crippen molar-refractivity contribution in [1.82, 2.24) is 9.97 Å². The highest BCUT2D eigenvalue weighted by Crippen LogP contribution is 2.30. The highest BCUT2D eigenvalue weighted by Gasteiger charge is 2.30. The minimum atomic E-state index is -4.37. The number of hydrogen-bond acceptors (Lipinski definition) is 3. The average Bonchev–Trinajstić information content (AvgIpc) is 2.96. The number of aromatic nitrogens is 2. The van der Waals surface area contributed by atoms with Gasteiger partial charge in [-0.15, -0.1) is 0 Å². The van der Waals surface area contributed by atoms with E-state index in [9.17, 15) is 18.0 Å². The lowest BCUT2D eigenvalue weighted by atomic mass is 10.1. The summed E-state index contributed by atoms with van der Waals surface area (Å²) in [6.07, 6.45) is -4.37. The van der Waals surface area contributed by atoms with Gasteiger partial charge in [0.2, 0.25) is 0 Å². The van der Waals surface area contributed by atoms with Crippen LogP contribution in [0.25, 0.3) is 22.4 Å². The number of ether oxygens (including phenoxy) is 1. The van der Waals surface area contributed by atoms with Crippen LogP contribution in [0.5, 0.6) is 0 Å². The lowest BCUT2D eigenvalue weighted by molar-refractivity contribution is -0.137. The third kappa shape index (κ3) is 2.90. The number of rotatable bonds is 2. The van der Waals surface area contributed by atoms with Crippen molar-refractivity contribution < 1.29 is 22.7 Å². The number of esters is 1. The maximum absolute atomic E-state index is 12.6. The van der Waals surface area contributed by atoms with Crippen LogP contribution in [0.4, 0.5) is 13.2 Å². The van der Waals surface area contributed by atoms with Crippen molar-refractivity contribution in [1.29, 1.82) is 0 Å². The Morgan fingerprint density at radius 3 is 2.43 bits per heavy atom. The summed E-state index contributed by atoms with van der Waals surface area (Å²) in [5.41, 5.74) is 1.37. The van der Waals surface area contributed by atoms with E-state index in [4.69, 9.17) is 0 Å². The van der Waals surface area contributed by atoms with Gasteiger partial charge in [-0.1, -0.05) is 12.1 Å². The normalized spacial score (nSPS) is 11.7. The summed E-state index contributed by atoms with van der Waals surface area (Å²) in [5, 5.41) is 0. The van der Waals surface area contributed by atoms with Crippen molar-refractivity contribution in [3.05, 3.63) is 53.6 Å². The van der Waals surface area contributed by atoms with E-state index in [0.29, 0.717) is 28.0 Å². The first-order valence-electron chi connectivity index (χ1n) is 6.64. The predicted molar refractivity (Wildman–Crippen MR) is 77.9 cm³/mol. The molecular weight excluding hydrogens is 309 g/mol. The van der Waals surface area contributed by atoms with Crippen LogP contribution < -0.4 is 0 Å². The van der Waals surface area contributed by atoms with Crippen molar-refractivity contribution in [2.75, 3.05) is 7.11 Å². The van der Waals surface area contributed by atoms with Crippen LogP contribution in [0.15, 0.2) is 42.5 Å². The largest absolute Gasteiger partial charge is 0.465 e. The van der Waals surface area contributed by atoms with Gasteiger partial charge in [-0.25, -0.2) is 9.78 Å². The molecule has 2 aromatic carbocycles. The van der Waals surface area contributed by atoms with Crippen LogP contribution >= 0.6 is 0 Å². The number of aromatic amines is 1. The van der Waals surface area contributed by atoms with Crippen molar-refractivity contribution in [3.8, 4) is 11.4 Å². The lowest BCUT2D eigenvalue weighted by Gasteiger charge is -2.06. The zero-order valence-corrected chi connectivity index (χ0v) is 11.9. The van der Waals surface area contributed by atoms with E-state index < -0.39 is 17.7 Å². The lowest BCUT2D eigenvalue weighted by Crippen LogP contribution is -2.04. The van der Waals surface area contributed by atoms with Gasteiger partial charge in [0.05, 0.1) is 29.3 Å². The minimum absolute atomic E-state index is 0.364. The van der Waals surface area contributed by atoms with Crippen molar-refractivity contribution in [3.63, 3.8) is 0 Å². The van der Waals surface area contributed by atoms with Gasteiger partial charge in [0.15, 0.2) is 0 Å². The molecule has 0 atom stereocenters. The number of benzene rings is 2. The zero-order valence-electron chi connectivity index (χ0n) is 11.9. The molecular formula is C16H11F3N2O2. The van der Waals surface area contributed by atoms with Gasteiger partial charge in [-0.05, 0) is 30.3 Å². The number of alkyl halides is 3. The molecule has 1 N–H and O–H groups in total. The molecule has 0 aliphatic rings. The Morgan fingerprint density at radius 1 is 1.13 bits per heavy atom. The van der Waals surface area contributed by atoms with E-state index in [1.165, 1.54) is 19.2 Å². The fraction of sp³-hybridized carbons (Fsp3) is 0.125. The van der Waals surface area contributed by atoms with Crippen molar-refractivity contribution in [2.45, 2.75) is 6.18 Å². The standard InChI is InChI=1S/C16H11F3N2O2/c1-23-15(22)10-4-7-12-13(8-10)21-14(20-12)9-2-5-11(6-3-9)16(17,18)19/h2-8H,1H3,(H,20,21). The Morgan fingerprint density at radius 2 is 1.83 bits per heavy atom. The van der Waals surface area contributed by atoms with Crippen LogP contribution in [0.3, 0.4) is 0 Å². The quantitative estimate of drug-likeness (QED) is 0.725. The molecule has 0 bridgehead atoms. The highest BCUT2D eigenvalue weighted by molar-refractivity contribution is 5.94. The van der Waals surface area contributed by atoms with E-state index in [1.54, 1.807) is 18.2 Å². The van der Waals surface area contributed by atoms with E-state index in [2.05, 4.69) is 14.7 Å². The van der Waals surface area contributed by atoms with Crippen LogP contribution in [0, 0.1) is 0 Å². The maximum atomic E-state index is 12.6. The molecule has 4 nitrogen and oxygen atoms in total. The van der Waals surface area contributed by atoms with Crippen LogP contribution in [0.2, 0.25) is 0 Å². The molecule has 0 saturated heterocycles. The van der Waals surface area contributed by atoms with Gasteiger partial charge in [-0.2, -0.15) is 13.2 Å². The summed E-state index contributed by atoms with van der Waals surface area (Å²) >= 11 is 0. The van der Waals surface area contributed by atoms with E-state index in [1.807, 2.05) is 0 Å². The van der Waals surface area contributed by atoms with E-state index >= 15 is 0 Å². The minimum Gasteiger partial charge on any atom is -0.465 e. The van der Waals surface area contributed by atoms with Gasteiger partial charge in [-0.3, -0.25) is 0 Å². The van der Waals surface area contributed by atoms with Crippen molar-refractivity contribution in [2.24, 2.45) is 0 Å². The third-order valence-electron chi connectivity index (χ3n) is 3.39. The SMILES string of the molecule is COC(=O)c1ccc2nc(-c3ccc(C(F)(F)F)cc3)[nH]c2c1. The van der Waals surface area contributed by atoms with Crippen LogP contribution in [0.1, 0.15) is 15.9 Å². The first-order valence-corrected chi connectivity index (χ1v) is 6.64. The molecule has 0 spiro atoms. The number of nitrogens with zero attached hydrogens (tertiary/aromatic N) is 1. The smallest absolute Gasteiger partial charge is 0.416 e. The molecule has 0 radical (unpaired) electrons. The van der Waals surface area contributed by atoms with Gasteiger partial charge in [0, 0.05) is 5.56 Å². The summed E-state index contributed by atoms with van der Waals surface area (Å²) in [4.78, 5) is 18.8. The summed E-state index contributed by atoms with van der Waals surface area (Å²) in [7, 11) is 1.28. The maximum Gasteiger partial charge on any atom is 0.416 e. The van der Waals surface area contributed by atoms with Gasteiger partial charge in [0.25, 0.3) is 0 Å². The fourth-order valence-corrected chi connectivity index (χ4v) is 2.21. The summed E-state index contributed by atoms with van der Waals surface area (Å²) in [6.45, 7) is 0. The summed E-state index contributed by atoms with van der Waals surface area (Å²) in [5.74, 6) is -0.0479. The Balaban J connectivity index is 1.98. The Kier molecular flexibility index (Phi) is 3.55. The molecule has 0 unspecified atom stereocenters. The molecule has 118 valence electrons. The molecule has 1 heterocycles. The van der Waals surface area contributed by atoms with E-state index in [-0.39, 0.29) is 0 Å². The highest BCUT2D eigenvalue weighted by atomic mass is 19.4. The second-order valence-corrected chi connectivity index (χ2v) is 4.88. The van der Waals surface area contributed by atoms with Gasteiger partial charge >= 0.3 is 12.1 Å². The number of methoxy groups -OCH3 is 1. The van der Waals surface area contributed by atoms with Crippen LogP contribution in [-0.4, -0.2) is 23.0 Å². The first-order chi connectivity index (χ1) is 10.9.